The smallest absolute Gasteiger partial charge is 0.255 e. The minimum Gasteiger partial charge on any atom is -0.496 e. The third-order valence-corrected chi connectivity index (χ3v) is 4.66. The van der Waals surface area contributed by atoms with E-state index in [1.807, 2.05) is 0 Å². The molecule has 1 fully saturated rings. The number of methoxy groups -OCH3 is 1. The van der Waals surface area contributed by atoms with Crippen LogP contribution >= 0.6 is 27.5 Å². The van der Waals surface area contributed by atoms with Crippen molar-refractivity contribution in [3.8, 4) is 5.75 Å². The van der Waals surface area contributed by atoms with Gasteiger partial charge in [-0.2, -0.15) is 0 Å². The Morgan fingerprint density at radius 3 is 2.78 bits per heavy atom. The Hall–Kier alpha value is -0.740. The molecule has 0 aromatic heterocycles. The fraction of sp³-hybridized carbons (Fsp3) is 0.462. The lowest BCUT2D eigenvalue weighted by Crippen LogP contribution is -2.54. The van der Waals surface area contributed by atoms with Crippen molar-refractivity contribution >= 4 is 33.4 Å². The molecule has 1 aromatic rings. The zero-order valence-corrected chi connectivity index (χ0v) is 12.5. The van der Waals surface area contributed by atoms with Gasteiger partial charge in [-0.25, -0.2) is 0 Å². The molecule has 1 aliphatic carbocycles. The molecule has 3 nitrogen and oxygen atoms in total. The average molecular weight is 333 g/mol. The first-order chi connectivity index (χ1) is 8.60. The van der Waals surface area contributed by atoms with E-state index in [4.69, 9.17) is 16.3 Å². The highest BCUT2D eigenvalue weighted by Crippen LogP contribution is 2.34. The Morgan fingerprint density at radius 1 is 1.56 bits per heavy atom. The van der Waals surface area contributed by atoms with Gasteiger partial charge in [-0.15, -0.1) is 0 Å². The summed E-state index contributed by atoms with van der Waals surface area (Å²) in [5, 5.41) is 4.38. The van der Waals surface area contributed by atoms with Crippen LogP contribution in [0.15, 0.2) is 18.2 Å². The lowest BCUT2D eigenvalue weighted by atomic mass is 9.78. The van der Waals surface area contributed by atoms with Crippen LogP contribution < -0.4 is 10.1 Å². The van der Waals surface area contributed by atoms with Gasteiger partial charge >= 0.3 is 0 Å². The monoisotopic (exact) mass is 331 g/mol. The van der Waals surface area contributed by atoms with Crippen LogP contribution in [0.2, 0.25) is 5.02 Å². The summed E-state index contributed by atoms with van der Waals surface area (Å²) in [5.41, 5.74) is 0.377. The maximum atomic E-state index is 12.3. The number of benzene rings is 1. The number of nitrogens with one attached hydrogen (secondary N) is 1. The quantitative estimate of drug-likeness (QED) is 0.858. The first-order valence-corrected chi connectivity index (χ1v) is 7.32. The second kappa shape index (κ2) is 5.49. The van der Waals surface area contributed by atoms with Crippen LogP contribution in [0.25, 0.3) is 0 Å². The summed E-state index contributed by atoms with van der Waals surface area (Å²) in [7, 11) is 1.55. The van der Waals surface area contributed by atoms with Crippen molar-refractivity contribution in [2.24, 2.45) is 0 Å². The number of halogens is 2. The van der Waals surface area contributed by atoms with Gasteiger partial charge in [-0.05, 0) is 37.5 Å². The molecule has 0 saturated heterocycles. The summed E-state index contributed by atoms with van der Waals surface area (Å²) in [6, 6.07) is 5.05. The summed E-state index contributed by atoms with van der Waals surface area (Å²) < 4.78 is 5.19. The number of ether oxygens (including phenoxy) is 1. The molecule has 0 radical (unpaired) electrons. The number of carbonyl (C=O) groups excluding carboxylic acids is 1. The second-order valence-corrected chi connectivity index (χ2v) is 5.56. The third kappa shape index (κ3) is 2.64. The fourth-order valence-corrected chi connectivity index (χ4v) is 2.93. The topological polar surface area (TPSA) is 38.3 Å². The first-order valence-electron chi connectivity index (χ1n) is 5.82. The molecular weight excluding hydrogens is 318 g/mol. The zero-order chi connectivity index (χ0) is 13.2. The molecule has 1 N–H and O–H groups in total. The molecule has 2 rings (SSSR count). The SMILES string of the molecule is COc1ccc(Cl)cc1C(=O)NC1(CBr)CCC1. The van der Waals surface area contributed by atoms with Gasteiger partial charge in [-0.3, -0.25) is 4.79 Å². The summed E-state index contributed by atoms with van der Waals surface area (Å²) in [6.07, 6.45) is 3.16. The molecule has 1 aliphatic rings. The number of hydrogen-bond acceptors (Lipinski definition) is 2. The molecule has 5 heteroatoms. The molecule has 1 saturated carbocycles. The van der Waals surface area contributed by atoms with E-state index in [1.165, 1.54) is 0 Å². The number of amides is 1. The molecule has 0 atom stereocenters. The molecule has 1 amide bonds. The molecule has 0 bridgehead atoms. The Morgan fingerprint density at radius 2 is 2.28 bits per heavy atom. The Kier molecular flexibility index (Phi) is 4.17. The Bertz CT molecular complexity index is 455. The highest BCUT2D eigenvalue weighted by Gasteiger charge is 2.37. The normalized spacial score (nSPS) is 16.8. The van der Waals surface area contributed by atoms with Crippen LogP contribution in [0.5, 0.6) is 5.75 Å². The van der Waals surface area contributed by atoms with Crippen LogP contribution in [0, 0.1) is 0 Å². The zero-order valence-electron chi connectivity index (χ0n) is 10.1. The summed E-state index contributed by atoms with van der Waals surface area (Å²) in [5.74, 6) is 0.412. The largest absolute Gasteiger partial charge is 0.496 e. The van der Waals surface area contributed by atoms with Crippen LogP contribution in [0.3, 0.4) is 0 Å². The average Bonchev–Trinajstić information content (AvgIpc) is 2.33. The maximum Gasteiger partial charge on any atom is 0.255 e. The summed E-state index contributed by atoms with van der Waals surface area (Å²) >= 11 is 9.39. The lowest BCUT2D eigenvalue weighted by Gasteiger charge is -2.41. The van der Waals surface area contributed by atoms with Crippen LogP contribution in [-0.2, 0) is 0 Å². The predicted molar refractivity (Wildman–Crippen MR) is 75.8 cm³/mol. The van der Waals surface area contributed by atoms with Gasteiger partial charge in [0.2, 0.25) is 0 Å². The van der Waals surface area contributed by atoms with E-state index < -0.39 is 0 Å². The maximum absolute atomic E-state index is 12.3. The Labute approximate surface area is 120 Å². The van der Waals surface area contributed by atoms with E-state index >= 15 is 0 Å². The summed E-state index contributed by atoms with van der Waals surface area (Å²) in [6.45, 7) is 0. The van der Waals surface area contributed by atoms with Crippen molar-refractivity contribution in [3.05, 3.63) is 28.8 Å². The highest BCUT2D eigenvalue weighted by molar-refractivity contribution is 9.09. The molecular formula is C13H15BrClNO2. The standard InChI is InChI=1S/C13H15BrClNO2/c1-18-11-4-3-9(15)7-10(11)12(17)16-13(8-14)5-2-6-13/h3-4,7H,2,5-6,8H2,1H3,(H,16,17). The van der Waals surface area contributed by atoms with E-state index in [-0.39, 0.29) is 11.4 Å². The van der Waals surface area contributed by atoms with Crippen molar-refractivity contribution in [2.45, 2.75) is 24.8 Å². The molecule has 0 heterocycles. The minimum atomic E-state index is -0.131. The first kappa shape index (κ1) is 13.7. The predicted octanol–water partition coefficient (Wildman–Crippen LogP) is 3.40. The van der Waals surface area contributed by atoms with Crippen LogP contribution in [0.4, 0.5) is 0 Å². The van der Waals surface area contributed by atoms with Crippen molar-refractivity contribution in [1.82, 2.24) is 5.32 Å². The third-order valence-electron chi connectivity index (χ3n) is 3.35. The van der Waals surface area contributed by atoms with E-state index in [0.29, 0.717) is 16.3 Å². The lowest BCUT2D eigenvalue weighted by molar-refractivity contribution is 0.0853. The van der Waals surface area contributed by atoms with Crippen molar-refractivity contribution in [1.29, 1.82) is 0 Å². The molecule has 0 unspecified atom stereocenters. The van der Waals surface area contributed by atoms with Gasteiger partial charge in [0.05, 0.1) is 18.2 Å². The van der Waals surface area contributed by atoms with Crippen LogP contribution in [-0.4, -0.2) is 23.9 Å². The van der Waals surface area contributed by atoms with Crippen molar-refractivity contribution < 1.29 is 9.53 Å². The van der Waals surface area contributed by atoms with Gasteiger partial charge in [-0.1, -0.05) is 27.5 Å². The highest BCUT2D eigenvalue weighted by atomic mass is 79.9. The molecule has 0 spiro atoms. The number of carbonyl (C=O) groups is 1. The van der Waals surface area contributed by atoms with Gasteiger partial charge in [0.15, 0.2) is 0 Å². The fourth-order valence-electron chi connectivity index (χ4n) is 2.06. The molecule has 0 aliphatic heterocycles. The molecule has 18 heavy (non-hydrogen) atoms. The van der Waals surface area contributed by atoms with Crippen molar-refractivity contribution in [2.75, 3.05) is 12.4 Å². The second-order valence-electron chi connectivity index (χ2n) is 4.57. The molecule has 98 valence electrons. The van der Waals surface area contributed by atoms with Crippen LogP contribution in [0.1, 0.15) is 29.6 Å². The van der Waals surface area contributed by atoms with E-state index in [2.05, 4.69) is 21.2 Å². The number of hydrogen-bond donors (Lipinski definition) is 1. The minimum absolute atomic E-state index is 0.107. The molecule has 1 aromatic carbocycles. The van der Waals surface area contributed by atoms with Crippen molar-refractivity contribution in [3.63, 3.8) is 0 Å². The van der Waals surface area contributed by atoms with Gasteiger partial charge in [0.1, 0.15) is 5.75 Å². The van der Waals surface area contributed by atoms with E-state index in [1.54, 1.807) is 25.3 Å². The van der Waals surface area contributed by atoms with Gasteiger partial charge < -0.3 is 10.1 Å². The van der Waals surface area contributed by atoms with E-state index in [0.717, 1.165) is 24.6 Å². The van der Waals surface area contributed by atoms with Gasteiger partial charge in [0, 0.05) is 10.4 Å². The Balaban J connectivity index is 2.20. The number of rotatable bonds is 4. The summed E-state index contributed by atoms with van der Waals surface area (Å²) in [4.78, 5) is 12.3. The van der Waals surface area contributed by atoms with Gasteiger partial charge in [0.25, 0.3) is 5.91 Å². The number of alkyl halides is 1. The van der Waals surface area contributed by atoms with E-state index in [9.17, 15) is 4.79 Å².